The first-order valence-electron chi connectivity index (χ1n) is 8.08. The second-order valence-electron chi connectivity index (χ2n) is 6.74. The summed E-state index contributed by atoms with van der Waals surface area (Å²) in [6, 6.07) is 1.21. The van der Waals surface area contributed by atoms with Crippen molar-refractivity contribution in [3.8, 4) is 0 Å². The van der Waals surface area contributed by atoms with Crippen LogP contribution in [0.5, 0.6) is 0 Å². The minimum atomic E-state index is -3.12. The standard InChI is InChI=1S/C15H19N3O4S/c19-13-7-12(16-14(17-13)9-1-2-9)15(20)18-6-5-10-3-4-11(8-18)23(10,21)22/h7,9-11H,1-6,8H2,(H,16,17,19). The highest BCUT2D eigenvalue weighted by atomic mass is 32.2. The minimum absolute atomic E-state index is 0.130. The number of fused-ring (bicyclic) bond motifs is 2. The summed E-state index contributed by atoms with van der Waals surface area (Å²) >= 11 is 0. The molecule has 2 atom stereocenters. The highest BCUT2D eigenvalue weighted by Crippen LogP contribution is 2.37. The summed E-state index contributed by atoms with van der Waals surface area (Å²) in [5.74, 6) is 0.488. The molecule has 3 aliphatic rings. The molecule has 2 saturated heterocycles. The van der Waals surface area contributed by atoms with Crippen molar-refractivity contribution in [2.24, 2.45) is 0 Å². The van der Waals surface area contributed by atoms with Gasteiger partial charge in [-0.25, -0.2) is 13.4 Å². The number of aromatic nitrogens is 2. The molecule has 0 spiro atoms. The first-order valence-corrected chi connectivity index (χ1v) is 9.69. The van der Waals surface area contributed by atoms with E-state index in [1.807, 2.05) is 0 Å². The quantitative estimate of drug-likeness (QED) is 0.844. The lowest BCUT2D eigenvalue weighted by atomic mass is 10.1. The van der Waals surface area contributed by atoms with Crippen molar-refractivity contribution < 1.29 is 13.2 Å². The first kappa shape index (κ1) is 14.9. The number of hydrogen-bond acceptors (Lipinski definition) is 5. The lowest BCUT2D eigenvalue weighted by Gasteiger charge is -2.23. The molecule has 2 unspecified atom stereocenters. The average molecular weight is 337 g/mol. The predicted molar refractivity (Wildman–Crippen MR) is 83.1 cm³/mol. The molecule has 4 rings (SSSR count). The maximum atomic E-state index is 12.7. The van der Waals surface area contributed by atoms with Gasteiger partial charge < -0.3 is 9.88 Å². The number of nitrogens with zero attached hydrogens (tertiary/aromatic N) is 2. The van der Waals surface area contributed by atoms with Crippen molar-refractivity contribution in [1.82, 2.24) is 14.9 Å². The smallest absolute Gasteiger partial charge is 0.272 e. The molecule has 1 aromatic rings. The van der Waals surface area contributed by atoms with E-state index in [0.717, 1.165) is 12.8 Å². The maximum absolute atomic E-state index is 12.7. The van der Waals surface area contributed by atoms with Crippen molar-refractivity contribution in [3.05, 3.63) is 27.9 Å². The summed E-state index contributed by atoms with van der Waals surface area (Å²) in [6.45, 7) is 0.622. The Kier molecular flexibility index (Phi) is 3.33. The van der Waals surface area contributed by atoms with Crippen LogP contribution in [0.2, 0.25) is 0 Å². The number of likely N-dealkylation sites (tertiary alicyclic amines) is 1. The van der Waals surface area contributed by atoms with E-state index in [2.05, 4.69) is 9.97 Å². The van der Waals surface area contributed by atoms with E-state index in [1.165, 1.54) is 6.07 Å². The van der Waals surface area contributed by atoms with Crippen molar-refractivity contribution in [3.63, 3.8) is 0 Å². The third kappa shape index (κ3) is 2.58. The Morgan fingerprint density at radius 2 is 1.91 bits per heavy atom. The van der Waals surface area contributed by atoms with Crippen LogP contribution in [0.3, 0.4) is 0 Å². The van der Waals surface area contributed by atoms with Crippen LogP contribution < -0.4 is 5.56 Å². The lowest BCUT2D eigenvalue weighted by Crippen LogP contribution is -2.38. The van der Waals surface area contributed by atoms with E-state index < -0.39 is 15.1 Å². The summed E-state index contributed by atoms with van der Waals surface area (Å²) in [4.78, 5) is 33.0. The number of amides is 1. The number of hydrogen-bond donors (Lipinski definition) is 1. The van der Waals surface area contributed by atoms with E-state index >= 15 is 0 Å². The summed E-state index contributed by atoms with van der Waals surface area (Å²) < 4.78 is 24.6. The molecule has 7 nitrogen and oxygen atoms in total. The fourth-order valence-electron chi connectivity index (χ4n) is 3.60. The zero-order valence-electron chi connectivity index (χ0n) is 12.7. The molecule has 1 saturated carbocycles. The largest absolute Gasteiger partial charge is 0.336 e. The molecule has 3 heterocycles. The Labute approximate surface area is 134 Å². The van der Waals surface area contributed by atoms with Gasteiger partial charge in [-0.15, -0.1) is 0 Å². The van der Waals surface area contributed by atoms with Gasteiger partial charge in [0.15, 0.2) is 9.84 Å². The third-order valence-electron chi connectivity index (χ3n) is 5.12. The van der Waals surface area contributed by atoms with E-state index in [-0.39, 0.29) is 34.9 Å². The zero-order chi connectivity index (χ0) is 16.2. The number of H-pyrrole nitrogens is 1. The van der Waals surface area contributed by atoms with Gasteiger partial charge in [-0.05, 0) is 32.1 Å². The Morgan fingerprint density at radius 3 is 2.65 bits per heavy atom. The van der Waals surface area contributed by atoms with E-state index in [9.17, 15) is 18.0 Å². The molecule has 23 heavy (non-hydrogen) atoms. The van der Waals surface area contributed by atoms with Gasteiger partial charge in [0.05, 0.1) is 10.5 Å². The molecule has 0 radical (unpaired) electrons. The maximum Gasteiger partial charge on any atom is 0.272 e. The van der Waals surface area contributed by atoms with Crippen LogP contribution >= 0.6 is 0 Å². The number of aromatic amines is 1. The molecule has 1 aliphatic carbocycles. The Bertz CT molecular complexity index is 812. The molecule has 3 fully saturated rings. The van der Waals surface area contributed by atoms with Gasteiger partial charge in [0.1, 0.15) is 11.5 Å². The van der Waals surface area contributed by atoms with Crippen LogP contribution in [0, 0.1) is 0 Å². The monoisotopic (exact) mass is 337 g/mol. The third-order valence-corrected chi connectivity index (χ3v) is 7.83. The fraction of sp³-hybridized carbons (Fsp3) is 0.667. The summed E-state index contributed by atoms with van der Waals surface area (Å²) in [5.41, 5.74) is -0.194. The summed E-state index contributed by atoms with van der Waals surface area (Å²) in [5, 5.41) is -0.789. The van der Waals surface area contributed by atoms with Gasteiger partial charge >= 0.3 is 0 Å². The van der Waals surface area contributed by atoms with Crippen LogP contribution in [0.15, 0.2) is 10.9 Å². The van der Waals surface area contributed by atoms with Gasteiger partial charge in [0.25, 0.3) is 11.5 Å². The van der Waals surface area contributed by atoms with Crippen LogP contribution in [0.4, 0.5) is 0 Å². The lowest BCUT2D eigenvalue weighted by molar-refractivity contribution is 0.0745. The molecule has 0 aromatic carbocycles. The Morgan fingerprint density at radius 1 is 1.17 bits per heavy atom. The Balaban J connectivity index is 1.61. The molecule has 1 N–H and O–H groups in total. The molecule has 124 valence electrons. The SMILES string of the molecule is O=C(c1cc(=O)[nH]c(C2CC2)n1)N1CCC2CCC(C1)S2(=O)=O. The van der Waals surface area contributed by atoms with Gasteiger partial charge in [0, 0.05) is 25.1 Å². The molecule has 2 bridgehead atoms. The van der Waals surface area contributed by atoms with Crippen LogP contribution in [-0.2, 0) is 9.84 Å². The highest BCUT2D eigenvalue weighted by molar-refractivity contribution is 7.93. The van der Waals surface area contributed by atoms with Gasteiger partial charge in [0.2, 0.25) is 0 Å². The molecular formula is C15H19N3O4S. The molecule has 1 amide bonds. The van der Waals surface area contributed by atoms with Gasteiger partial charge in [-0.3, -0.25) is 9.59 Å². The molecule has 2 aliphatic heterocycles. The van der Waals surface area contributed by atoms with Gasteiger partial charge in [-0.2, -0.15) is 0 Å². The normalized spacial score (nSPS) is 29.3. The number of rotatable bonds is 2. The second kappa shape index (κ2) is 5.15. The second-order valence-corrected chi connectivity index (χ2v) is 9.25. The Hall–Kier alpha value is -1.70. The van der Waals surface area contributed by atoms with Crippen LogP contribution in [0.25, 0.3) is 0 Å². The number of sulfone groups is 1. The number of carbonyl (C=O) groups excluding carboxylic acids is 1. The van der Waals surface area contributed by atoms with E-state index in [0.29, 0.717) is 31.6 Å². The number of carbonyl (C=O) groups is 1. The number of nitrogens with one attached hydrogen (secondary N) is 1. The van der Waals surface area contributed by atoms with Gasteiger partial charge in [-0.1, -0.05) is 0 Å². The summed E-state index contributed by atoms with van der Waals surface area (Å²) in [7, 11) is -3.12. The first-order chi connectivity index (χ1) is 10.9. The fourth-order valence-corrected chi connectivity index (χ4v) is 5.89. The molecule has 1 aromatic heterocycles. The van der Waals surface area contributed by atoms with Crippen molar-refractivity contribution in [2.45, 2.75) is 48.5 Å². The van der Waals surface area contributed by atoms with Crippen LogP contribution in [0.1, 0.15) is 54.3 Å². The van der Waals surface area contributed by atoms with E-state index in [4.69, 9.17) is 0 Å². The molecule has 8 heteroatoms. The van der Waals surface area contributed by atoms with Crippen molar-refractivity contribution >= 4 is 15.7 Å². The van der Waals surface area contributed by atoms with Crippen molar-refractivity contribution in [2.75, 3.05) is 13.1 Å². The zero-order valence-corrected chi connectivity index (χ0v) is 13.5. The highest BCUT2D eigenvalue weighted by Gasteiger charge is 2.44. The van der Waals surface area contributed by atoms with Crippen LogP contribution in [-0.4, -0.2) is 52.8 Å². The predicted octanol–water partition coefficient (Wildman–Crippen LogP) is 0.439. The van der Waals surface area contributed by atoms with E-state index in [1.54, 1.807) is 4.90 Å². The van der Waals surface area contributed by atoms with Crippen molar-refractivity contribution in [1.29, 1.82) is 0 Å². The average Bonchev–Trinajstić information content (AvgIpc) is 3.27. The topological polar surface area (TPSA) is 100 Å². The minimum Gasteiger partial charge on any atom is -0.336 e. The molecular weight excluding hydrogens is 318 g/mol. The summed E-state index contributed by atoms with van der Waals surface area (Å²) in [6.07, 6.45) is 3.75.